The van der Waals surface area contributed by atoms with Crippen LogP contribution in [0.5, 0.6) is 5.75 Å². The Balaban J connectivity index is 1.64. The highest BCUT2D eigenvalue weighted by Gasteiger charge is 2.06. The molecule has 2 aromatic rings. The average molecular weight is 425 g/mol. The van der Waals surface area contributed by atoms with E-state index in [0.29, 0.717) is 26.2 Å². The first-order valence-electron chi connectivity index (χ1n) is 10.1. The van der Waals surface area contributed by atoms with E-state index in [1.165, 1.54) is 6.08 Å². The van der Waals surface area contributed by atoms with Gasteiger partial charge in [0.05, 0.1) is 6.61 Å². The van der Waals surface area contributed by atoms with Crippen molar-refractivity contribution in [2.45, 2.75) is 26.4 Å². The predicted molar refractivity (Wildman–Crippen MR) is 116 cm³/mol. The summed E-state index contributed by atoms with van der Waals surface area (Å²) in [5.74, 6) is -0.621. The van der Waals surface area contributed by atoms with Crippen molar-refractivity contribution < 1.29 is 28.6 Å². The number of hydrogen-bond donors (Lipinski definition) is 1. The molecule has 0 aliphatic heterocycles. The molecular weight excluding hydrogens is 398 g/mol. The molecule has 164 valence electrons. The molecule has 2 aromatic carbocycles. The van der Waals surface area contributed by atoms with Gasteiger partial charge >= 0.3 is 11.9 Å². The molecule has 7 heteroatoms. The van der Waals surface area contributed by atoms with E-state index in [4.69, 9.17) is 14.2 Å². The molecule has 1 N–H and O–H groups in total. The van der Waals surface area contributed by atoms with Gasteiger partial charge < -0.3 is 19.5 Å². The maximum atomic E-state index is 11.8. The average Bonchev–Trinajstić information content (AvgIpc) is 2.79. The van der Waals surface area contributed by atoms with E-state index in [0.717, 1.165) is 16.9 Å². The van der Waals surface area contributed by atoms with Gasteiger partial charge in [-0.15, -0.1) is 0 Å². The van der Waals surface area contributed by atoms with Gasteiger partial charge in [0.15, 0.2) is 6.61 Å². The second kappa shape index (κ2) is 13.6. The van der Waals surface area contributed by atoms with Gasteiger partial charge in [-0.3, -0.25) is 9.59 Å². The van der Waals surface area contributed by atoms with Crippen molar-refractivity contribution in [3.63, 3.8) is 0 Å². The van der Waals surface area contributed by atoms with Crippen molar-refractivity contribution in [1.29, 1.82) is 0 Å². The summed E-state index contributed by atoms with van der Waals surface area (Å²) in [5, 5.41) is 2.58. The molecule has 0 aliphatic rings. The van der Waals surface area contributed by atoms with Crippen molar-refractivity contribution in [2.24, 2.45) is 0 Å². The number of benzene rings is 2. The van der Waals surface area contributed by atoms with Crippen molar-refractivity contribution in [2.75, 3.05) is 19.8 Å². The normalized spacial score (nSPS) is 10.5. The molecule has 0 saturated carbocycles. The summed E-state index contributed by atoms with van der Waals surface area (Å²) < 4.78 is 15.4. The third-order valence-corrected chi connectivity index (χ3v) is 4.07. The number of carbonyl (C=O) groups excluding carboxylic acids is 3. The Morgan fingerprint density at radius 2 is 1.71 bits per heavy atom. The number of ether oxygens (including phenoxy) is 3. The van der Waals surface area contributed by atoms with Crippen molar-refractivity contribution in [3.05, 3.63) is 71.8 Å². The minimum atomic E-state index is -0.619. The first-order valence-corrected chi connectivity index (χ1v) is 10.1. The highest BCUT2D eigenvalue weighted by atomic mass is 16.5. The van der Waals surface area contributed by atoms with Gasteiger partial charge in [-0.1, -0.05) is 42.5 Å². The highest BCUT2D eigenvalue weighted by molar-refractivity contribution is 5.89. The van der Waals surface area contributed by atoms with Crippen LogP contribution in [0.25, 0.3) is 6.08 Å². The Morgan fingerprint density at radius 1 is 0.968 bits per heavy atom. The smallest absolute Gasteiger partial charge is 0.331 e. The lowest BCUT2D eigenvalue weighted by atomic mass is 10.2. The first-order chi connectivity index (χ1) is 15.1. The van der Waals surface area contributed by atoms with Crippen LogP contribution in [0.3, 0.4) is 0 Å². The molecular formula is C24H27NO6. The van der Waals surface area contributed by atoms with Gasteiger partial charge in [0.2, 0.25) is 0 Å². The van der Waals surface area contributed by atoms with Crippen molar-refractivity contribution in [1.82, 2.24) is 5.32 Å². The zero-order valence-electron chi connectivity index (χ0n) is 17.5. The molecule has 1 amide bonds. The Kier molecular flexibility index (Phi) is 10.4. The number of amides is 1. The minimum Gasteiger partial charge on any atom is -0.489 e. The van der Waals surface area contributed by atoms with Crippen LogP contribution in [0, 0.1) is 0 Å². The summed E-state index contributed by atoms with van der Waals surface area (Å²) in [5.41, 5.74) is 1.88. The van der Waals surface area contributed by atoms with Crippen LogP contribution in [0.15, 0.2) is 60.7 Å². The molecule has 0 fully saturated rings. The number of carbonyl (C=O) groups is 3. The largest absolute Gasteiger partial charge is 0.489 e. The van der Waals surface area contributed by atoms with Gasteiger partial charge in [0.1, 0.15) is 12.4 Å². The van der Waals surface area contributed by atoms with Crippen molar-refractivity contribution >= 4 is 23.9 Å². The summed E-state index contributed by atoms with van der Waals surface area (Å²) in [4.78, 5) is 34.6. The van der Waals surface area contributed by atoms with E-state index < -0.39 is 11.9 Å². The van der Waals surface area contributed by atoms with E-state index in [9.17, 15) is 14.4 Å². The Hall–Kier alpha value is -3.61. The van der Waals surface area contributed by atoms with Gasteiger partial charge in [-0.2, -0.15) is 0 Å². The minimum absolute atomic E-state index is 0.229. The molecule has 0 heterocycles. The summed E-state index contributed by atoms with van der Waals surface area (Å²) in [7, 11) is 0. The fraction of sp³-hybridized carbons (Fsp3) is 0.292. The third-order valence-electron chi connectivity index (χ3n) is 4.07. The van der Waals surface area contributed by atoms with Gasteiger partial charge in [-0.05, 0) is 42.7 Å². The maximum Gasteiger partial charge on any atom is 0.331 e. The predicted octanol–water partition coefficient (Wildman–Crippen LogP) is 3.28. The zero-order valence-corrected chi connectivity index (χ0v) is 17.5. The second-order valence-corrected chi connectivity index (χ2v) is 6.54. The molecule has 0 spiro atoms. The number of rotatable bonds is 12. The van der Waals surface area contributed by atoms with Crippen LogP contribution in [-0.2, 0) is 30.5 Å². The molecule has 7 nitrogen and oxygen atoms in total. The van der Waals surface area contributed by atoms with Gasteiger partial charge in [0.25, 0.3) is 5.91 Å². The molecule has 2 rings (SSSR count). The quantitative estimate of drug-likeness (QED) is 0.319. The first kappa shape index (κ1) is 23.7. The second-order valence-electron chi connectivity index (χ2n) is 6.54. The van der Waals surface area contributed by atoms with E-state index in [1.54, 1.807) is 13.0 Å². The fourth-order valence-corrected chi connectivity index (χ4v) is 2.51. The Labute approximate surface area is 182 Å². The Morgan fingerprint density at radius 3 is 2.42 bits per heavy atom. The summed E-state index contributed by atoms with van der Waals surface area (Å²) in [6.45, 7) is 2.48. The van der Waals surface area contributed by atoms with Crippen LogP contribution in [-0.4, -0.2) is 37.6 Å². The van der Waals surface area contributed by atoms with E-state index in [1.807, 2.05) is 54.6 Å². The summed E-state index contributed by atoms with van der Waals surface area (Å²) in [6.07, 6.45) is 3.55. The van der Waals surface area contributed by atoms with Crippen LogP contribution >= 0.6 is 0 Å². The lowest BCUT2D eigenvalue weighted by Crippen LogP contribution is -2.29. The topological polar surface area (TPSA) is 90.9 Å². The number of hydrogen-bond acceptors (Lipinski definition) is 6. The van der Waals surface area contributed by atoms with Gasteiger partial charge in [0, 0.05) is 19.0 Å². The van der Waals surface area contributed by atoms with Crippen LogP contribution in [0.1, 0.15) is 30.9 Å². The number of nitrogens with one attached hydrogen (secondary N) is 1. The van der Waals surface area contributed by atoms with E-state index in [-0.39, 0.29) is 19.0 Å². The van der Waals surface area contributed by atoms with Crippen LogP contribution in [0.4, 0.5) is 0 Å². The lowest BCUT2D eigenvalue weighted by molar-refractivity contribution is -0.143. The third kappa shape index (κ3) is 10.1. The standard InChI is InChI=1S/C24H27NO6/c1-2-29-23(27)9-6-16-25-22(26)18-31-24(28)15-12-19-10-13-21(14-11-19)30-17-20-7-4-3-5-8-20/h3-5,7-8,10-15H,2,6,9,16-18H2,1H3,(H,25,26)/b15-12+. The van der Waals surface area contributed by atoms with Gasteiger partial charge in [-0.25, -0.2) is 4.79 Å². The molecule has 0 aromatic heterocycles. The Bertz CT molecular complexity index is 861. The molecule has 0 radical (unpaired) electrons. The molecule has 0 saturated heterocycles. The molecule has 31 heavy (non-hydrogen) atoms. The molecule has 0 unspecified atom stereocenters. The SMILES string of the molecule is CCOC(=O)CCCNC(=O)COC(=O)/C=C/c1ccc(OCc2ccccc2)cc1. The lowest BCUT2D eigenvalue weighted by Gasteiger charge is -2.06. The molecule has 0 atom stereocenters. The van der Waals surface area contributed by atoms with Crippen molar-refractivity contribution in [3.8, 4) is 5.75 Å². The number of esters is 2. The van der Waals surface area contributed by atoms with Crippen LogP contribution < -0.4 is 10.1 Å². The monoisotopic (exact) mass is 425 g/mol. The maximum absolute atomic E-state index is 11.8. The summed E-state index contributed by atoms with van der Waals surface area (Å²) >= 11 is 0. The van der Waals surface area contributed by atoms with E-state index in [2.05, 4.69) is 5.32 Å². The highest BCUT2D eigenvalue weighted by Crippen LogP contribution is 2.15. The van der Waals surface area contributed by atoms with Crippen LogP contribution in [0.2, 0.25) is 0 Å². The van der Waals surface area contributed by atoms with E-state index >= 15 is 0 Å². The summed E-state index contributed by atoms with van der Waals surface area (Å²) in [6, 6.07) is 17.1. The molecule has 0 aliphatic carbocycles. The molecule has 0 bridgehead atoms. The zero-order chi connectivity index (χ0) is 22.3. The fourth-order valence-electron chi connectivity index (χ4n) is 2.51.